The minimum Gasteiger partial charge on any atom is -0.397 e. The predicted octanol–water partition coefficient (Wildman–Crippen LogP) is 5.18. The van der Waals surface area contributed by atoms with Gasteiger partial charge in [0.05, 0.1) is 0 Å². The highest BCUT2D eigenvalue weighted by atomic mass is 16.2. The molecular formula is C28H46N2O2. The van der Waals surface area contributed by atoms with Crippen LogP contribution < -0.4 is 11.1 Å². The quantitative estimate of drug-likeness (QED) is 0.601. The van der Waals surface area contributed by atoms with E-state index >= 15 is 0 Å². The highest BCUT2D eigenvalue weighted by molar-refractivity contribution is 5.83. The largest absolute Gasteiger partial charge is 0.397 e. The van der Waals surface area contributed by atoms with Crippen LogP contribution in [0.1, 0.15) is 91.0 Å². The number of nitrogens with two attached hydrogens (primary N) is 1. The number of hydrogen-bond acceptors (Lipinski definition) is 3. The first kappa shape index (κ1) is 25.2. The van der Waals surface area contributed by atoms with Gasteiger partial charge in [-0.25, -0.2) is 0 Å². The summed E-state index contributed by atoms with van der Waals surface area (Å²) in [5.74, 6) is 1.59. The van der Waals surface area contributed by atoms with Crippen LogP contribution in [0.5, 0.6) is 0 Å². The van der Waals surface area contributed by atoms with E-state index in [9.17, 15) is 4.79 Å². The zero-order valence-electron chi connectivity index (χ0n) is 20.8. The monoisotopic (exact) mass is 442 g/mol. The van der Waals surface area contributed by atoms with Crippen molar-refractivity contribution in [1.29, 1.82) is 0 Å². The molecule has 180 valence electrons. The van der Waals surface area contributed by atoms with E-state index in [0.29, 0.717) is 29.2 Å². The normalized spacial score (nSPS) is 35.9. The van der Waals surface area contributed by atoms with Crippen LogP contribution in [0.4, 0.5) is 0 Å². The van der Waals surface area contributed by atoms with E-state index in [1.165, 1.54) is 24.8 Å². The standard InChI is InChI=1S/C26H40N2O.C2H6O/c1-24(2)13-20-14-25(3,23(29)28-22-11-9-19(16-27)10-12-22)18-26(15-20,17-24)21-7-5-4-6-8-21;1-2-3/h4-8,19-20,22H,9-18,27H2,1-3H3,(H,28,29);3H,2H2,1H3. The summed E-state index contributed by atoms with van der Waals surface area (Å²) in [4.78, 5) is 13.6. The average Bonchev–Trinajstić information content (AvgIpc) is 2.74. The minimum absolute atomic E-state index is 0.134. The highest BCUT2D eigenvalue weighted by Gasteiger charge is 2.55. The van der Waals surface area contributed by atoms with Crippen molar-refractivity contribution in [2.75, 3.05) is 13.2 Å². The Morgan fingerprint density at radius 1 is 1.03 bits per heavy atom. The number of carbonyl (C=O) groups is 1. The lowest BCUT2D eigenvalue weighted by Crippen LogP contribution is -2.55. The molecule has 1 aromatic rings. The Morgan fingerprint density at radius 2 is 1.66 bits per heavy atom. The molecule has 4 N–H and O–H groups in total. The maximum atomic E-state index is 13.6. The van der Waals surface area contributed by atoms with Crippen molar-refractivity contribution >= 4 is 5.91 Å². The molecule has 3 aliphatic carbocycles. The Hall–Kier alpha value is -1.39. The Labute approximate surface area is 195 Å². The average molecular weight is 443 g/mol. The van der Waals surface area contributed by atoms with E-state index in [1.807, 2.05) is 0 Å². The van der Waals surface area contributed by atoms with Crippen LogP contribution in [-0.2, 0) is 10.2 Å². The first-order chi connectivity index (χ1) is 15.1. The first-order valence-electron chi connectivity index (χ1n) is 12.8. The molecular weight excluding hydrogens is 396 g/mol. The molecule has 3 saturated carbocycles. The third-order valence-corrected chi connectivity index (χ3v) is 8.26. The lowest BCUT2D eigenvalue weighted by atomic mass is 9.47. The van der Waals surface area contributed by atoms with Gasteiger partial charge in [-0.2, -0.15) is 0 Å². The van der Waals surface area contributed by atoms with Crippen LogP contribution in [0.25, 0.3) is 0 Å². The SMILES string of the molecule is CC1(C)CC2CC(C)(C(=O)NC3CCC(CN)CC3)CC(c3ccccc3)(C2)C1.CCO. The van der Waals surface area contributed by atoms with Crippen LogP contribution in [-0.4, -0.2) is 30.2 Å². The number of amides is 1. The predicted molar refractivity (Wildman–Crippen MR) is 132 cm³/mol. The van der Waals surface area contributed by atoms with Crippen LogP contribution in [0.3, 0.4) is 0 Å². The minimum atomic E-state index is -0.264. The fraction of sp³-hybridized carbons (Fsp3) is 0.750. The Balaban J connectivity index is 0.000000913. The summed E-state index contributed by atoms with van der Waals surface area (Å²) >= 11 is 0. The molecule has 4 heteroatoms. The van der Waals surface area contributed by atoms with Crippen LogP contribution in [0.15, 0.2) is 30.3 Å². The van der Waals surface area contributed by atoms with E-state index in [2.05, 4.69) is 56.4 Å². The molecule has 0 aliphatic heterocycles. The molecule has 0 radical (unpaired) electrons. The molecule has 3 fully saturated rings. The molecule has 3 aliphatic rings. The van der Waals surface area contributed by atoms with Gasteiger partial charge in [0.2, 0.25) is 5.91 Å². The zero-order valence-corrected chi connectivity index (χ0v) is 20.8. The van der Waals surface area contributed by atoms with E-state index in [1.54, 1.807) is 6.92 Å². The molecule has 4 nitrogen and oxygen atoms in total. The fourth-order valence-electron chi connectivity index (χ4n) is 7.39. The maximum Gasteiger partial charge on any atom is 0.226 e. The van der Waals surface area contributed by atoms with Crippen LogP contribution in [0.2, 0.25) is 0 Å². The van der Waals surface area contributed by atoms with Gasteiger partial charge < -0.3 is 16.2 Å². The van der Waals surface area contributed by atoms with Gasteiger partial charge in [-0.1, -0.05) is 51.1 Å². The summed E-state index contributed by atoms with van der Waals surface area (Å²) in [7, 11) is 0. The Kier molecular flexibility index (Phi) is 8.09. The number of carbonyl (C=O) groups excluding carboxylic acids is 1. The maximum absolute atomic E-state index is 13.6. The molecule has 2 bridgehead atoms. The van der Waals surface area contributed by atoms with Crippen molar-refractivity contribution in [3.8, 4) is 0 Å². The summed E-state index contributed by atoms with van der Waals surface area (Å²) < 4.78 is 0. The van der Waals surface area contributed by atoms with E-state index < -0.39 is 0 Å². The second-order valence-electron chi connectivity index (χ2n) is 11.9. The number of hydrogen-bond donors (Lipinski definition) is 3. The number of nitrogens with one attached hydrogen (secondary N) is 1. The van der Waals surface area contributed by atoms with Crippen LogP contribution in [0, 0.1) is 22.7 Å². The molecule has 0 spiro atoms. The molecule has 4 rings (SSSR count). The number of benzene rings is 1. The van der Waals surface area contributed by atoms with Crippen molar-refractivity contribution in [2.24, 2.45) is 28.4 Å². The van der Waals surface area contributed by atoms with E-state index in [-0.39, 0.29) is 17.4 Å². The van der Waals surface area contributed by atoms with Gasteiger partial charge in [-0.3, -0.25) is 4.79 Å². The molecule has 3 unspecified atom stereocenters. The molecule has 1 aromatic carbocycles. The van der Waals surface area contributed by atoms with Crippen molar-refractivity contribution in [3.63, 3.8) is 0 Å². The van der Waals surface area contributed by atoms with Crippen LogP contribution >= 0.6 is 0 Å². The van der Waals surface area contributed by atoms with Crippen molar-refractivity contribution < 1.29 is 9.90 Å². The van der Waals surface area contributed by atoms with Gasteiger partial charge in [0.1, 0.15) is 0 Å². The van der Waals surface area contributed by atoms with Gasteiger partial charge in [0.25, 0.3) is 0 Å². The van der Waals surface area contributed by atoms with Gasteiger partial charge in [0.15, 0.2) is 0 Å². The summed E-state index contributed by atoms with van der Waals surface area (Å²) in [5.41, 5.74) is 7.50. The first-order valence-corrected chi connectivity index (χ1v) is 12.8. The van der Waals surface area contributed by atoms with Crippen molar-refractivity contribution in [3.05, 3.63) is 35.9 Å². The summed E-state index contributed by atoms with van der Waals surface area (Å²) in [6.07, 6.45) is 10.2. The smallest absolute Gasteiger partial charge is 0.226 e. The van der Waals surface area contributed by atoms with Gasteiger partial charge in [0, 0.05) is 18.1 Å². The topological polar surface area (TPSA) is 75.4 Å². The fourth-order valence-corrected chi connectivity index (χ4v) is 7.39. The highest BCUT2D eigenvalue weighted by Crippen LogP contribution is 2.61. The van der Waals surface area contributed by atoms with E-state index in [4.69, 9.17) is 10.8 Å². The lowest BCUT2D eigenvalue weighted by molar-refractivity contribution is -0.138. The second-order valence-corrected chi connectivity index (χ2v) is 11.9. The number of fused-ring (bicyclic) bond motifs is 2. The number of aliphatic hydroxyl groups is 1. The van der Waals surface area contributed by atoms with Gasteiger partial charge in [-0.15, -0.1) is 0 Å². The zero-order chi connectivity index (χ0) is 23.4. The summed E-state index contributed by atoms with van der Waals surface area (Å²) in [6, 6.07) is 11.4. The molecule has 1 amide bonds. The molecule has 32 heavy (non-hydrogen) atoms. The number of aliphatic hydroxyl groups excluding tert-OH is 1. The van der Waals surface area contributed by atoms with Crippen molar-refractivity contribution in [1.82, 2.24) is 5.32 Å². The lowest BCUT2D eigenvalue weighted by Gasteiger charge is -2.57. The molecule has 0 saturated heterocycles. The third-order valence-electron chi connectivity index (χ3n) is 8.26. The van der Waals surface area contributed by atoms with Gasteiger partial charge >= 0.3 is 0 Å². The van der Waals surface area contributed by atoms with Gasteiger partial charge in [-0.05, 0) is 99.5 Å². The summed E-state index contributed by atoms with van der Waals surface area (Å²) in [6.45, 7) is 9.82. The Bertz CT molecular complexity index is 741. The third kappa shape index (κ3) is 5.75. The second kappa shape index (κ2) is 10.3. The number of rotatable bonds is 4. The summed E-state index contributed by atoms with van der Waals surface area (Å²) in [5, 5.41) is 11.0. The van der Waals surface area contributed by atoms with Crippen molar-refractivity contribution in [2.45, 2.75) is 96.9 Å². The molecule has 0 heterocycles. The Morgan fingerprint density at radius 3 is 2.25 bits per heavy atom. The van der Waals surface area contributed by atoms with E-state index in [0.717, 1.165) is 45.1 Å². The molecule has 3 atom stereocenters. The molecule has 0 aromatic heterocycles.